The second kappa shape index (κ2) is 6.61. The molecule has 3 rings (SSSR count). The lowest BCUT2D eigenvalue weighted by molar-refractivity contribution is -0.387. The lowest BCUT2D eigenvalue weighted by Crippen LogP contribution is -2.24. The lowest BCUT2D eigenvalue weighted by atomic mass is 10.2. The van der Waals surface area contributed by atoms with E-state index in [1.165, 1.54) is 17.4 Å². The minimum absolute atomic E-state index is 0.00990. The van der Waals surface area contributed by atoms with E-state index in [9.17, 15) is 14.9 Å². The Morgan fingerprint density at radius 1 is 1.28 bits per heavy atom. The van der Waals surface area contributed by atoms with E-state index in [1.54, 1.807) is 22.8 Å². The quantitative estimate of drug-likeness (QED) is 0.375. The Balaban J connectivity index is 2.25. The Labute approximate surface area is 152 Å². The maximum atomic E-state index is 13.0. The Bertz CT molecular complexity index is 1040. The highest BCUT2D eigenvalue weighted by molar-refractivity contribution is 7.99. The average Bonchev–Trinajstić information content (AvgIpc) is 2.82. The average molecular weight is 375 g/mol. The Kier molecular flexibility index (Phi) is 4.66. The molecule has 0 fully saturated rings. The van der Waals surface area contributed by atoms with Crippen LogP contribution in [-0.4, -0.2) is 14.5 Å². The van der Waals surface area contributed by atoms with E-state index in [1.807, 2.05) is 27.7 Å². The summed E-state index contributed by atoms with van der Waals surface area (Å²) in [7, 11) is 0. The fourth-order valence-corrected chi connectivity index (χ4v) is 4.80. The molecule has 0 aliphatic heterocycles. The van der Waals surface area contributed by atoms with Crippen LogP contribution >= 0.6 is 23.1 Å². The molecule has 130 valence electrons. The zero-order valence-corrected chi connectivity index (χ0v) is 15.9. The van der Waals surface area contributed by atoms with Crippen LogP contribution in [0.3, 0.4) is 0 Å². The highest BCUT2D eigenvalue weighted by Crippen LogP contribution is 2.36. The van der Waals surface area contributed by atoms with Crippen molar-refractivity contribution in [3.63, 3.8) is 0 Å². The molecule has 0 amide bonds. The topological polar surface area (TPSA) is 78.0 Å². The molecule has 0 saturated carbocycles. The first-order valence-corrected chi connectivity index (χ1v) is 9.38. The standard InChI is InChI=1S/C17H17N3O3S2/c1-9(2)19-16(21)14-10(3)11(4)24-15(14)18-17(19)25-13-8-6-5-7-12(13)20(22)23/h5-9H,1-4H3. The summed E-state index contributed by atoms with van der Waals surface area (Å²) < 4.78 is 1.61. The molecule has 0 aliphatic rings. The van der Waals surface area contributed by atoms with E-state index < -0.39 is 4.92 Å². The van der Waals surface area contributed by atoms with Crippen molar-refractivity contribution in [2.24, 2.45) is 0 Å². The van der Waals surface area contributed by atoms with Gasteiger partial charge in [-0.05, 0) is 51.1 Å². The molecule has 3 aromatic rings. The molecule has 0 aliphatic carbocycles. The minimum Gasteiger partial charge on any atom is -0.284 e. The summed E-state index contributed by atoms with van der Waals surface area (Å²) in [5.74, 6) is 0. The van der Waals surface area contributed by atoms with Gasteiger partial charge in [-0.15, -0.1) is 11.3 Å². The van der Waals surface area contributed by atoms with Crippen LogP contribution in [0.25, 0.3) is 10.2 Å². The Morgan fingerprint density at radius 2 is 1.96 bits per heavy atom. The molecule has 0 spiro atoms. The Morgan fingerprint density at radius 3 is 2.60 bits per heavy atom. The predicted octanol–water partition coefficient (Wildman–Crippen LogP) is 4.72. The first-order valence-electron chi connectivity index (χ1n) is 7.74. The van der Waals surface area contributed by atoms with Crippen LogP contribution in [0, 0.1) is 24.0 Å². The number of thiophene rings is 1. The number of aromatic nitrogens is 2. The van der Waals surface area contributed by atoms with Crippen LogP contribution in [0.4, 0.5) is 5.69 Å². The van der Waals surface area contributed by atoms with Gasteiger partial charge in [-0.2, -0.15) is 0 Å². The zero-order valence-electron chi connectivity index (χ0n) is 14.3. The first kappa shape index (κ1) is 17.6. The molecular formula is C17H17N3O3S2. The number of nitrogens with zero attached hydrogens (tertiary/aromatic N) is 3. The normalized spacial score (nSPS) is 11.4. The van der Waals surface area contributed by atoms with Crippen molar-refractivity contribution in [2.45, 2.75) is 43.8 Å². The van der Waals surface area contributed by atoms with Gasteiger partial charge >= 0.3 is 0 Å². The molecule has 0 bridgehead atoms. The van der Waals surface area contributed by atoms with Crippen LogP contribution < -0.4 is 5.56 Å². The molecule has 0 N–H and O–H groups in total. The molecule has 2 heterocycles. The van der Waals surface area contributed by atoms with Crippen LogP contribution in [0.5, 0.6) is 0 Å². The van der Waals surface area contributed by atoms with Crippen molar-refractivity contribution >= 4 is 39.0 Å². The summed E-state index contributed by atoms with van der Waals surface area (Å²) in [5, 5.41) is 12.4. The van der Waals surface area contributed by atoms with Gasteiger partial charge in [0.1, 0.15) is 4.83 Å². The van der Waals surface area contributed by atoms with Gasteiger partial charge in [-0.1, -0.05) is 12.1 Å². The number of nitro groups is 1. The van der Waals surface area contributed by atoms with Crippen molar-refractivity contribution in [3.05, 3.63) is 55.2 Å². The van der Waals surface area contributed by atoms with Crippen molar-refractivity contribution in [3.8, 4) is 0 Å². The number of fused-ring (bicyclic) bond motifs is 1. The smallest absolute Gasteiger partial charge is 0.283 e. The third-order valence-corrected chi connectivity index (χ3v) is 6.12. The summed E-state index contributed by atoms with van der Waals surface area (Å²) in [6.45, 7) is 7.71. The van der Waals surface area contributed by atoms with Crippen molar-refractivity contribution in [2.75, 3.05) is 0 Å². The van der Waals surface area contributed by atoms with E-state index in [-0.39, 0.29) is 17.3 Å². The van der Waals surface area contributed by atoms with Crippen molar-refractivity contribution in [1.82, 2.24) is 9.55 Å². The summed E-state index contributed by atoms with van der Waals surface area (Å²) in [6.07, 6.45) is 0. The molecule has 2 aromatic heterocycles. The molecule has 0 saturated heterocycles. The predicted molar refractivity (Wildman–Crippen MR) is 101 cm³/mol. The van der Waals surface area contributed by atoms with Crippen molar-refractivity contribution in [1.29, 1.82) is 0 Å². The number of nitro benzene ring substituents is 1. The fraction of sp³-hybridized carbons (Fsp3) is 0.294. The van der Waals surface area contributed by atoms with Crippen LogP contribution in [0.15, 0.2) is 39.1 Å². The minimum atomic E-state index is -0.419. The second-order valence-electron chi connectivity index (χ2n) is 5.95. The van der Waals surface area contributed by atoms with Crippen LogP contribution in [-0.2, 0) is 0 Å². The number of benzene rings is 1. The number of hydrogen-bond acceptors (Lipinski definition) is 6. The number of hydrogen-bond donors (Lipinski definition) is 0. The van der Waals surface area contributed by atoms with Gasteiger partial charge in [0.05, 0.1) is 15.2 Å². The molecule has 1 aromatic carbocycles. The summed E-state index contributed by atoms with van der Waals surface area (Å²) >= 11 is 2.64. The van der Waals surface area contributed by atoms with Crippen molar-refractivity contribution < 1.29 is 4.92 Å². The summed E-state index contributed by atoms with van der Waals surface area (Å²) in [6, 6.07) is 6.40. The highest BCUT2D eigenvalue weighted by Gasteiger charge is 2.21. The maximum Gasteiger partial charge on any atom is 0.283 e. The van der Waals surface area contributed by atoms with Crippen LogP contribution in [0.2, 0.25) is 0 Å². The van der Waals surface area contributed by atoms with E-state index in [0.29, 0.717) is 20.3 Å². The number of para-hydroxylation sites is 1. The van der Waals surface area contributed by atoms with E-state index in [4.69, 9.17) is 0 Å². The summed E-state index contributed by atoms with van der Waals surface area (Å²) in [4.78, 5) is 30.7. The van der Waals surface area contributed by atoms with Crippen LogP contribution in [0.1, 0.15) is 30.3 Å². The van der Waals surface area contributed by atoms with Gasteiger partial charge in [-0.25, -0.2) is 4.98 Å². The summed E-state index contributed by atoms with van der Waals surface area (Å²) in [5.41, 5.74) is 0.868. The first-order chi connectivity index (χ1) is 11.8. The van der Waals surface area contributed by atoms with Gasteiger partial charge in [0.2, 0.25) is 0 Å². The zero-order chi connectivity index (χ0) is 18.3. The molecule has 6 nitrogen and oxygen atoms in total. The fourth-order valence-electron chi connectivity index (χ4n) is 2.61. The molecule has 0 radical (unpaired) electrons. The molecule has 0 atom stereocenters. The monoisotopic (exact) mass is 375 g/mol. The SMILES string of the molecule is Cc1sc2nc(Sc3ccccc3[N+](=O)[O-])n(C(C)C)c(=O)c2c1C. The third-order valence-electron chi connectivity index (χ3n) is 3.98. The largest absolute Gasteiger partial charge is 0.284 e. The number of aryl methyl sites for hydroxylation is 2. The molecule has 0 unspecified atom stereocenters. The van der Waals surface area contributed by atoms with Gasteiger partial charge in [0.25, 0.3) is 11.2 Å². The van der Waals surface area contributed by atoms with Gasteiger partial charge in [-0.3, -0.25) is 19.5 Å². The van der Waals surface area contributed by atoms with E-state index >= 15 is 0 Å². The van der Waals surface area contributed by atoms with E-state index in [0.717, 1.165) is 22.2 Å². The van der Waals surface area contributed by atoms with Gasteiger partial charge < -0.3 is 0 Å². The molecule has 8 heteroatoms. The molecule has 25 heavy (non-hydrogen) atoms. The van der Waals surface area contributed by atoms with E-state index in [2.05, 4.69) is 4.98 Å². The van der Waals surface area contributed by atoms with Gasteiger partial charge in [0, 0.05) is 17.0 Å². The molecular weight excluding hydrogens is 358 g/mol. The Hall–Kier alpha value is -2.19. The maximum absolute atomic E-state index is 13.0. The third kappa shape index (κ3) is 3.07. The lowest BCUT2D eigenvalue weighted by Gasteiger charge is -2.15. The second-order valence-corrected chi connectivity index (χ2v) is 8.17. The van der Waals surface area contributed by atoms with Gasteiger partial charge in [0.15, 0.2) is 5.16 Å². The highest BCUT2D eigenvalue weighted by atomic mass is 32.2. The number of rotatable bonds is 4.